The smallest absolute Gasteiger partial charge is 0.378 e. The summed E-state index contributed by atoms with van der Waals surface area (Å²) >= 11 is 0. The monoisotopic (exact) mass is 387 g/mol. The molecule has 5 nitrogen and oxygen atoms in total. The van der Waals surface area contributed by atoms with Gasteiger partial charge in [-0.15, -0.1) is 0 Å². The molecule has 1 aliphatic rings. The fourth-order valence-electron chi connectivity index (χ4n) is 2.98. The molecule has 1 saturated heterocycles. The lowest BCUT2D eigenvalue weighted by Crippen LogP contribution is -2.36. The highest BCUT2D eigenvalue weighted by atomic mass is 19.4. The molecule has 2 heterocycles. The highest BCUT2D eigenvalue weighted by Crippen LogP contribution is 2.34. The van der Waals surface area contributed by atoms with Crippen molar-refractivity contribution < 1.29 is 31.9 Å². The third-order valence-corrected chi connectivity index (χ3v) is 4.34. The summed E-state index contributed by atoms with van der Waals surface area (Å²) < 4.78 is 64.9. The number of carbonyl (C=O) groups excluding carboxylic acids is 1. The number of amides is 1. The normalized spacial score (nSPS) is 22.7. The Balaban J connectivity index is 1.82. The molecule has 0 bridgehead atoms. The van der Waals surface area contributed by atoms with Crippen molar-refractivity contribution in [1.29, 1.82) is 0 Å². The molecule has 1 aliphatic heterocycles. The second-order valence-electron chi connectivity index (χ2n) is 6.05. The van der Waals surface area contributed by atoms with Crippen LogP contribution in [0.15, 0.2) is 36.5 Å². The zero-order valence-electron chi connectivity index (χ0n) is 13.6. The predicted octanol–water partition coefficient (Wildman–Crippen LogP) is 2.64. The number of alkyl halides is 3. The second-order valence-corrected chi connectivity index (χ2v) is 6.05. The van der Waals surface area contributed by atoms with Crippen molar-refractivity contribution in [1.82, 2.24) is 10.3 Å². The van der Waals surface area contributed by atoms with Crippen LogP contribution in [0.5, 0.6) is 0 Å². The van der Waals surface area contributed by atoms with Crippen LogP contribution in [0.1, 0.15) is 17.2 Å². The Labute approximate surface area is 150 Å². The largest absolute Gasteiger partial charge is 0.433 e. The van der Waals surface area contributed by atoms with Crippen molar-refractivity contribution >= 4 is 11.6 Å². The van der Waals surface area contributed by atoms with Crippen molar-refractivity contribution in [2.75, 3.05) is 11.9 Å². The molecular weight excluding hydrogens is 373 g/mol. The minimum Gasteiger partial charge on any atom is -0.378 e. The molecule has 2 aromatic rings. The number of aromatic nitrogens is 1. The summed E-state index contributed by atoms with van der Waals surface area (Å²) in [6, 6.07) is 5.19. The summed E-state index contributed by atoms with van der Waals surface area (Å²) in [7, 11) is 0. The first-order valence-electron chi connectivity index (χ1n) is 7.88. The molecule has 144 valence electrons. The molecule has 0 saturated carbocycles. The van der Waals surface area contributed by atoms with Crippen LogP contribution >= 0.6 is 0 Å². The maximum atomic E-state index is 13.7. The lowest BCUT2D eigenvalue weighted by Gasteiger charge is -2.21. The Kier molecular flexibility index (Phi) is 5.11. The van der Waals surface area contributed by atoms with E-state index in [4.69, 9.17) is 0 Å². The molecule has 0 radical (unpaired) electrons. The van der Waals surface area contributed by atoms with E-state index in [1.807, 2.05) is 0 Å². The number of anilines is 1. The summed E-state index contributed by atoms with van der Waals surface area (Å²) in [6.45, 7) is 0.0952. The number of carbonyl (C=O) groups is 1. The van der Waals surface area contributed by atoms with Gasteiger partial charge in [0.2, 0.25) is 5.91 Å². The Morgan fingerprint density at radius 2 is 1.96 bits per heavy atom. The van der Waals surface area contributed by atoms with Crippen LogP contribution in [0.25, 0.3) is 0 Å². The number of rotatable bonds is 3. The molecule has 0 spiro atoms. The maximum Gasteiger partial charge on any atom is 0.433 e. The Hall–Kier alpha value is -2.59. The molecule has 1 fully saturated rings. The van der Waals surface area contributed by atoms with Gasteiger partial charge in [0, 0.05) is 18.7 Å². The van der Waals surface area contributed by atoms with Gasteiger partial charge in [0.05, 0.1) is 11.6 Å². The fourth-order valence-corrected chi connectivity index (χ4v) is 2.98. The topological polar surface area (TPSA) is 74.2 Å². The molecule has 1 amide bonds. The number of nitrogens with one attached hydrogen (secondary N) is 2. The van der Waals surface area contributed by atoms with Crippen molar-refractivity contribution in [3.05, 3.63) is 59.4 Å². The van der Waals surface area contributed by atoms with Crippen LogP contribution < -0.4 is 10.6 Å². The first kappa shape index (κ1) is 19.2. The number of nitrogens with zero attached hydrogens (tertiary/aromatic N) is 1. The van der Waals surface area contributed by atoms with Crippen molar-refractivity contribution in [2.24, 2.45) is 5.92 Å². The van der Waals surface area contributed by atoms with Crippen LogP contribution in [0, 0.1) is 17.6 Å². The van der Waals surface area contributed by atoms with Crippen LogP contribution in [-0.2, 0) is 11.0 Å². The lowest BCUT2D eigenvalue weighted by atomic mass is 9.88. The number of halogens is 5. The predicted molar refractivity (Wildman–Crippen MR) is 84.5 cm³/mol. The van der Waals surface area contributed by atoms with Crippen molar-refractivity contribution in [2.45, 2.75) is 18.3 Å². The number of hydrogen-bond acceptors (Lipinski definition) is 4. The lowest BCUT2D eigenvalue weighted by molar-refractivity contribution is -0.141. The highest BCUT2D eigenvalue weighted by molar-refractivity contribution is 5.94. The summed E-state index contributed by atoms with van der Waals surface area (Å²) in [5, 5.41) is 14.9. The first-order valence-corrected chi connectivity index (χ1v) is 7.88. The number of pyridine rings is 1. The third-order valence-electron chi connectivity index (χ3n) is 4.34. The summed E-state index contributed by atoms with van der Waals surface area (Å²) in [4.78, 5) is 15.8. The van der Waals surface area contributed by atoms with Crippen LogP contribution in [0.4, 0.5) is 27.6 Å². The summed E-state index contributed by atoms with van der Waals surface area (Å²) in [6.07, 6.45) is -4.93. The van der Waals surface area contributed by atoms with Gasteiger partial charge in [-0.1, -0.05) is 12.1 Å². The van der Waals surface area contributed by atoms with Crippen LogP contribution in [-0.4, -0.2) is 28.8 Å². The van der Waals surface area contributed by atoms with Crippen LogP contribution in [0.2, 0.25) is 0 Å². The molecule has 0 aliphatic carbocycles. The molecule has 1 aromatic carbocycles. The molecule has 10 heteroatoms. The number of aliphatic hydroxyl groups excluding tert-OH is 1. The zero-order chi connectivity index (χ0) is 19.8. The van der Waals surface area contributed by atoms with E-state index in [1.54, 1.807) is 0 Å². The SMILES string of the molecule is O=C(Nc1cccc(F)c1F)C1C(O)NCC1c1ccc(C(F)(F)F)nc1. The van der Waals surface area contributed by atoms with E-state index in [0.717, 1.165) is 24.4 Å². The Morgan fingerprint density at radius 1 is 1.22 bits per heavy atom. The van der Waals surface area contributed by atoms with E-state index < -0.39 is 53.2 Å². The maximum absolute atomic E-state index is 13.7. The van der Waals surface area contributed by atoms with Gasteiger partial charge in [-0.2, -0.15) is 13.2 Å². The van der Waals surface area contributed by atoms with Crippen molar-refractivity contribution in [3.8, 4) is 0 Å². The first-order chi connectivity index (χ1) is 12.7. The average molecular weight is 387 g/mol. The van der Waals surface area contributed by atoms with Gasteiger partial charge < -0.3 is 10.4 Å². The molecule has 3 rings (SSSR count). The van der Waals surface area contributed by atoms with Gasteiger partial charge in [-0.05, 0) is 23.8 Å². The minimum absolute atomic E-state index is 0.0952. The van der Waals surface area contributed by atoms with E-state index in [9.17, 15) is 31.9 Å². The van der Waals surface area contributed by atoms with Gasteiger partial charge in [-0.25, -0.2) is 8.78 Å². The standard InChI is InChI=1S/C17H14F5N3O2/c18-10-2-1-3-11(14(10)19)25-16(27)13-9(7-24-15(13)26)8-4-5-12(23-6-8)17(20,21)22/h1-6,9,13,15,24,26H,7H2,(H,25,27). The molecule has 3 unspecified atom stereocenters. The number of hydrogen-bond donors (Lipinski definition) is 3. The highest BCUT2D eigenvalue weighted by Gasteiger charge is 2.41. The van der Waals surface area contributed by atoms with Crippen LogP contribution in [0.3, 0.4) is 0 Å². The Morgan fingerprint density at radius 3 is 2.59 bits per heavy atom. The van der Waals surface area contributed by atoms with E-state index in [-0.39, 0.29) is 6.54 Å². The van der Waals surface area contributed by atoms with Gasteiger partial charge in [-0.3, -0.25) is 15.1 Å². The number of benzene rings is 1. The molecule has 3 N–H and O–H groups in total. The molecule has 3 atom stereocenters. The minimum atomic E-state index is -4.60. The van der Waals surface area contributed by atoms with E-state index in [1.165, 1.54) is 12.1 Å². The fraction of sp³-hybridized carbons (Fsp3) is 0.294. The molecular formula is C17H14F5N3O2. The quantitative estimate of drug-likeness (QED) is 0.708. The van der Waals surface area contributed by atoms with E-state index >= 15 is 0 Å². The summed E-state index contributed by atoms with van der Waals surface area (Å²) in [5.41, 5.74) is -1.18. The van der Waals surface area contributed by atoms with Crippen molar-refractivity contribution in [3.63, 3.8) is 0 Å². The Bertz CT molecular complexity index is 841. The number of aliphatic hydroxyl groups is 1. The van der Waals surface area contributed by atoms with Gasteiger partial charge in [0.25, 0.3) is 0 Å². The van der Waals surface area contributed by atoms with E-state index in [2.05, 4.69) is 15.6 Å². The third kappa shape index (κ3) is 3.91. The zero-order valence-corrected chi connectivity index (χ0v) is 13.6. The van der Waals surface area contributed by atoms with Gasteiger partial charge in [0.15, 0.2) is 11.6 Å². The molecule has 27 heavy (non-hydrogen) atoms. The molecule has 1 aromatic heterocycles. The van der Waals surface area contributed by atoms with Gasteiger partial charge >= 0.3 is 6.18 Å². The average Bonchev–Trinajstić information content (AvgIpc) is 3.00. The second kappa shape index (κ2) is 7.20. The summed E-state index contributed by atoms with van der Waals surface area (Å²) in [5.74, 6) is -5.04. The van der Waals surface area contributed by atoms with E-state index in [0.29, 0.717) is 5.56 Å². The van der Waals surface area contributed by atoms with Gasteiger partial charge in [0.1, 0.15) is 11.9 Å².